The monoisotopic (exact) mass is 392 g/mol. The molecule has 26 heavy (non-hydrogen) atoms. The van der Waals surface area contributed by atoms with Crippen molar-refractivity contribution in [1.29, 1.82) is 0 Å². The molecule has 0 amide bonds. The average molecular weight is 393 g/mol. The van der Waals surface area contributed by atoms with Gasteiger partial charge in [-0.05, 0) is 79.6 Å². The average Bonchev–Trinajstić information content (AvgIpc) is 3.05. The van der Waals surface area contributed by atoms with E-state index in [1.165, 1.54) is 60.2 Å². The molecule has 1 saturated heterocycles. The first-order valence-electron chi connectivity index (χ1n) is 9.45. The third kappa shape index (κ3) is 4.80. The lowest BCUT2D eigenvalue weighted by Crippen LogP contribution is -2.28. The van der Waals surface area contributed by atoms with Crippen LogP contribution in [-0.2, 0) is 19.4 Å². The molecule has 2 aromatic carbocycles. The van der Waals surface area contributed by atoms with Crippen LogP contribution < -0.4 is 5.32 Å². The Balaban J connectivity index is 0.00000121. The Morgan fingerprint density at radius 1 is 1.00 bits per heavy atom. The fourth-order valence-corrected chi connectivity index (χ4v) is 4.12. The zero-order valence-corrected chi connectivity index (χ0v) is 17.2. The van der Waals surface area contributed by atoms with Crippen molar-refractivity contribution in [3.63, 3.8) is 0 Å². The van der Waals surface area contributed by atoms with E-state index < -0.39 is 0 Å². The Kier molecular flexibility index (Phi) is 7.97. The molecule has 0 aromatic heterocycles. The molecule has 2 nitrogen and oxygen atoms in total. The molecular weight excluding hydrogens is 363 g/mol. The number of nitrogens with zero attached hydrogens (tertiary/aromatic N) is 1. The summed E-state index contributed by atoms with van der Waals surface area (Å²) in [5, 5.41) is 3.47. The zero-order valence-electron chi connectivity index (χ0n) is 15.5. The van der Waals surface area contributed by atoms with Gasteiger partial charge in [0.05, 0.1) is 0 Å². The third-order valence-electron chi connectivity index (χ3n) is 5.76. The van der Waals surface area contributed by atoms with Gasteiger partial charge in [-0.1, -0.05) is 36.4 Å². The second-order valence-corrected chi connectivity index (χ2v) is 7.38. The van der Waals surface area contributed by atoms with Crippen molar-refractivity contribution in [2.45, 2.75) is 45.2 Å². The normalized spacial score (nSPS) is 19.3. The summed E-state index contributed by atoms with van der Waals surface area (Å²) >= 11 is 0. The van der Waals surface area contributed by atoms with Gasteiger partial charge in [-0.25, -0.2) is 0 Å². The molecule has 0 spiro atoms. The van der Waals surface area contributed by atoms with Crippen molar-refractivity contribution in [1.82, 2.24) is 10.2 Å². The molecule has 0 bridgehead atoms. The summed E-state index contributed by atoms with van der Waals surface area (Å²) in [6.07, 6.45) is 5.06. The zero-order chi connectivity index (χ0) is 16.4. The number of fused-ring (bicyclic) bond motifs is 1. The maximum Gasteiger partial charge on any atom is 0.0208 e. The summed E-state index contributed by atoms with van der Waals surface area (Å²) < 4.78 is 0. The summed E-state index contributed by atoms with van der Waals surface area (Å²) in [6.45, 7) is 6.96. The van der Waals surface area contributed by atoms with Crippen LogP contribution in [0.15, 0.2) is 42.5 Å². The van der Waals surface area contributed by atoms with E-state index in [-0.39, 0.29) is 24.8 Å². The number of hydrogen-bond acceptors (Lipinski definition) is 2. The van der Waals surface area contributed by atoms with E-state index in [2.05, 4.69) is 59.6 Å². The van der Waals surface area contributed by atoms with Crippen LogP contribution in [0.25, 0.3) is 11.1 Å². The molecule has 1 N–H and O–H groups in total. The number of likely N-dealkylation sites (tertiary alicyclic amines) is 1. The van der Waals surface area contributed by atoms with Crippen molar-refractivity contribution in [2.24, 2.45) is 0 Å². The van der Waals surface area contributed by atoms with E-state index >= 15 is 0 Å². The molecule has 2 aliphatic rings. The van der Waals surface area contributed by atoms with Gasteiger partial charge < -0.3 is 10.2 Å². The third-order valence-corrected chi connectivity index (χ3v) is 5.76. The number of rotatable bonds is 4. The molecular formula is C22H30Cl2N2. The molecule has 0 saturated carbocycles. The van der Waals surface area contributed by atoms with Crippen LogP contribution in [0, 0.1) is 0 Å². The maximum absolute atomic E-state index is 3.47. The summed E-state index contributed by atoms with van der Waals surface area (Å²) in [5.41, 5.74) is 7.11. The van der Waals surface area contributed by atoms with Gasteiger partial charge in [0.2, 0.25) is 0 Å². The highest BCUT2D eigenvalue weighted by Gasteiger charge is 2.19. The minimum Gasteiger partial charge on any atom is -0.312 e. The molecule has 2 aromatic rings. The van der Waals surface area contributed by atoms with Crippen molar-refractivity contribution < 1.29 is 0 Å². The van der Waals surface area contributed by atoms with Crippen molar-refractivity contribution in [3.8, 4) is 11.1 Å². The van der Waals surface area contributed by atoms with Crippen LogP contribution in [0.5, 0.6) is 0 Å². The molecule has 1 atom stereocenters. The van der Waals surface area contributed by atoms with E-state index in [0.717, 1.165) is 25.6 Å². The standard InChI is InChI=1S/C22H28N2.2ClH/c1-17-3-2-13-24(17)14-11-18-4-6-19(7-5-18)21-9-8-20-10-12-23-16-22(20)15-21;;/h4-9,15,17,23H,2-3,10-14,16H2,1H3;2*1H/t17-;;/m1../s1. The first-order valence-corrected chi connectivity index (χ1v) is 9.45. The smallest absolute Gasteiger partial charge is 0.0208 e. The molecule has 0 radical (unpaired) electrons. The summed E-state index contributed by atoms with van der Waals surface area (Å²) in [7, 11) is 0. The predicted octanol–water partition coefficient (Wildman–Crippen LogP) is 4.87. The number of halogens is 2. The molecule has 2 heterocycles. The first kappa shape index (κ1) is 21.2. The highest BCUT2D eigenvalue weighted by atomic mass is 35.5. The second-order valence-electron chi connectivity index (χ2n) is 7.38. The van der Waals surface area contributed by atoms with E-state index in [9.17, 15) is 0 Å². The first-order chi connectivity index (χ1) is 11.8. The van der Waals surface area contributed by atoms with Crippen LogP contribution in [0.3, 0.4) is 0 Å². The van der Waals surface area contributed by atoms with Crippen molar-refractivity contribution in [2.75, 3.05) is 19.6 Å². The quantitative estimate of drug-likeness (QED) is 0.797. The van der Waals surface area contributed by atoms with Crippen LogP contribution in [0.4, 0.5) is 0 Å². The van der Waals surface area contributed by atoms with Gasteiger partial charge in [0, 0.05) is 19.1 Å². The molecule has 0 unspecified atom stereocenters. The summed E-state index contributed by atoms with van der Waals surface area (Å²) in [5.74, 6) is 0. The molecule has 142 valence electrons. The highest BCUT2D eigenvalue weighted by Crippen LogP contribution is 2.25. The Bertz CT molecular complexity index is 700. The minimum atomic E-state index is 0. The Morgan fingerprint density at radius 3 is 2.50 bits per heavy atom. The fraction of sp³-hybridized carbons (Fsp3) is 0.455. The molecule has 4 heteroatoms. The summed E-state index contributed by atoms with van der Waals surface area (Å²) in [4.78, 5) is 2.63. The lowest BCUT2D eigenvalue weighted by atomic mass is 9.95. The highest BCUT2D eigenvalue weighted by molar-refractivity contribution is 5.85. The lowest BCUT2D eigenvalue weighted by Gasteiger charge is -2.20. The fourth-order valence-electron chi connectivity index (χ4n) is 4.12. The Hall–Kier alpha value is -1.06. The van der Waals surface area contributed by atoms with Gasteiger partial charge in [-0.2, -0.15) is 0 Å². The van der Waals surface area contributed by atoms with E-state index in [1.807, 2.05) is 0 Å². The topological polar surface area (TPSA) is 15.3 Å². The Morgan fingerprint density at radius 2 is 1.77 bits per heavy atom. The molecule has 0 aliphatic carbocycles. The van der Waals surface area contributed by atoms with Crippen molar-refractivity contribution in [3.05, 3.63) is 59.2 Å². The van der Waals surface area contributed by atoms with Gasteiger partial charge in [-0.3, -0.25) is 0 Å². The van der Waals surface area contributed by atoms with Crippen LogP contribution in [0.2, 0.25) is 0 Å². The van der Waals surface area contributed by atoms with Gasteiger partial charge >= 0.3 is 0 Å². The lowest BCUT2D eigenvalue weighted by molar-refractivity contribution is 0.272. The van der Waals surface area contributed by atoms with E-state index in [0.29, 0.717) is 0 Å². The van der Waals surface area contributed by atoms with Crippen LogP contribution in [-0.4, -0.2) is 30.6 Å². The van der Waals surface area contributed by atoms with Crippen LogP contribution >= 0.6 is 24.8 Å². The van der Waals surface area contributed by atoms with Gasteiger partial charge in [-0.15, -0.1) is 24.8 Å². The van der Waals surface area contributed by atoms with Crippen LogP contribution in [0.1, 0.15) is 36.5 Å². The van der Waals surface area contributed by atoms with Crippen molar-refractivity contribution >= 4 is 24.8 Å². The van der Waals surface area contributed by atoms with Gasteiger partial charge in [0.15, 0.2) is 0 Å². The number of nitrogens with one attached hydrogen (secondary N) is 1. The van der Waals surface area contributed by atoms with Gasteiger partial charge in [0.1, 0.15) is 0 Å². The largest absolute Gasteiger partial charge is 0.312 e. The molecule has 1 fully saturated rings. The Labute approximate surface area is 170 Å². The van der Waals surface area contributed by atoms with Gasteiger partial charge in [0.25, 0.3) is 0 Å². The minimum absolute atomic E-state index is 0. The summed E-state index contributed by atoms with van der Waals surface area (Å²) in [6, 6.07) is 16.9. The number of hydrogen-bond donors (Lipinski definition) is 1. The predicted molar refractivity (Wildman–Crippen MR) is 116 cm³/mol. The second kappa shape index (κ2) is 9.75. The SMILES string of the molecule is C[C@@H]1CCCN1CCc1ccc(-c2ccc3c(c2)CNCC3)cc1.Cl.Cl. The maximum atomic E-state index is 3.47. The molecule has 4 rings (SSSR count). The number of benzene rings is 2. The molecule has 2 aliphatic heterocycles. The van der Waals surface area contributed by atoms with E-state index in [4.69, 9.17) is 0 Å². The van der Waals surface area contributed by atoms with E-state index in [1.54, 1.807) is 0 Å².